The van der Waals surface area contributed by atoms with E-state index in [2.05, 4.69) is 21.2 Å². The highest BCUT2D eigenvalue weighted by Crippen LogP contribution is 2.36. The third kappa shape index (κ3) is 2.97. The molecule has 3 N–H and O–H groups in total. The van der Waals surface area contributed by atoms with Crippen molar-refractivity contribution in [3.05, 3.63) is 34.7 Å². The van der Waals surface area contributed by atoms with Gasteiger partial charge in [0, 0.05) is 18.6 Å². The van der Waals surface area contributed by atoms with Gasteiger partial charge in [0.15, 0.2) is 21.9 Å². The lowest BCUT2D eigenvalue weighted by Gasteiger charge is -2.12. The molecule has 0 fully saturated rings. The summed E-state index contributed by atoms with van der Waals surface area (Å²) >= 11 is 3.15. The number of nitrogens with two attached hydrogens (primary N) is 1. The number of hydrogen-bond acceptors (Lipinski definition) is 5. The van der Waals surface area contributed by atoms with Crippen molar-refractivity contribution in [3.63, 3.8) is 0 Å². The summed E-state index contributed by atoms with van der Waals surface area (Å²) in [7, 11) is 0. The molecule has 110 valence electrons. The SMILES string of the molecule is Nc1cc2c(cc1NC(=O)c1ccc(Br)o1)OCCCO2. The van der Waals surface area contributed by atoms with Gasteiger partial charge in [0.25, 0.3) is 5.91 Å². The molecule has 21 heavy (non-hydrogen) atoms. The fraction of sp³-hybridized carbons (Fsp3) is 0.214. The molecule has 1 aromatic heterocycles. The number of furan rings is 1. The normalized spacial score (nSPS) is 13.6. The summed E-state index contributed by atoms with van der Waals surface area (Å²) in [5, 5.41) is 2.70. The average Bonchev–Trinajstić information content (AvgIpc) is 2.76. The van der Waals surface area contributed by atoms with Crippen LogP contribution in [0.2, 0.25) is 0 Å². The van der Waals surface area contributed by atoms with Crippen molar-refractivity contribution in [1.82, 2.24) is 0 Å². The highest BCUT2D eigenvalue weighted by atomic mass is 79.9. The lowest BCUT2D eigenvalue weighted by atomic mass is 10.2. The van der Waals surface area contributed by atoms with Gasteiger partial charge in [-0.15, -0.1) is 0 Å². The number of amides is 1. The smallest absolute Gasteiger partial charge is 0.291 e. The van der Waals surface area contributed by atoms with Gasteiger partial charge < -0.3 is 24.9 Å². The molecule has 2 heterocycles. The third-order valence-corrected chi connectivity index (χ3v) is 3.39. The lowest BCUT2D eigenvalue weighted by molar-refractivity contribution is 0.0995. The Morgan fingerprint density at radius 3 is 2.57 bits per heavy atom. The van der Waals surface area contributed by atoms with Gasteiger partial charge in [-0.1, -0.05) is 0 Å². The van der Waals surface area contributed by atoms with E-state index < -0.39 is 0 Å². The van der Waals surface area contributed by atoms with Crippen molar-refractivity contribution < 1.29 is 18.7 Å². The lowest BCUT2D eigenvalue weighted by Crippen LogP contribution is -2.12. The van der Waals surface area contributed by atoms with Crippen LogP contribution >= 0.6 is 15.9 Å². The number of carbonyl (C=O) groups excluding carboxylic acids is 1. The first kappa shape index (κ1) is 13.8. The van der Waals surface area contributed by atoms with Crippen molar-refractivity contribution >= 4 is 33.2 Å². The molecule has 0 spiro atoms. The van der Waals surface area contributed by atoms with Crippen LogP contribution in [-0.4, -0.2) is 19.1 Å². The molecule has 6 nitrogen and oxygen atoms in total. The summed E-state index contributed by atoms with van der Waals surface area (Å²) in [6.45, 7) is 1.15. The van der Waals surface area contributed by atoms with Gasteiger partial charge in [0.05, 0.1) is 24.6 Å². The van der Waals surface area contributed by atoms with E-state index in [0.29, 0.717) is 40.8 Å². The Bertz CT molecular complexity index is 684. The van der Waals surface area contributed by atoms with Crippen LogP contribution in [0.15, 0.2) is 33.4 Å². The molecule has 0 saturated carbocycles. The van der Waals surface area contributed by atoms with Gasteiger partial charge in [-0.3, -0.25) is 4.79 Å². The highest BCUT2D eigenvalue weighted by molar-refractivity contribution is 9.10. The second kappa shape index (κ2) is 5.69. The molecular weight excluding hydrogens is 340 g/mol. The quantitative estimate of drug-likeness (QED) is 0.811. The van der Waals surface area contributed by atoms with Crippen LogP contribution in [0.1, 0.15) is 17.0 Å². The standard InChI is InChI=1S/C14H13BrN2O4/c15-13-3-2-10(21-13)14(18)17-9-7-12-11(6-8(9)16)19-4-1-5-20-12/h2-3,6-7H,1,4-5,16H2,(H,17,18). The molecule has 2 aromatic rings. The van der Waals surface area contributed by atoms with Crippen LogP contribution in [0.5, 0.6) is 11.5 Å². The third-order valence-electron chi connectivity index (χ3n) is 2.96. The van der Waals surface area contributed by atoms with Crippen molar-refractivity contribution in [2.75, 3.05) is 24.3 Å². The fourth-order valence-electron chi connectivity index (χ4n) is 1.95. The van der Waals surface area contributed by atoms with Crippen LogP contribution in [0.4, 0.5) is 11.4 Å². The van der Waals surface area contributed by atoms with E-state index in [9.17, 15) is 4.79 Å². The van der Waals surface area contributed by atoms with Crippen molar-refractivity contribution in [2.24, 2.45) is 0 Å². The molecule has 1 aromatic carbocycles. The summed E-state index contributed by atoms with van der Waals surface area (Å²) < 4.78 is 16.8. The van der Waals surface area contributed by atoms with Crippen molar-refractivity contribution in [2.45, 2.75) is 6.42 Å². The summed E-state index contributed by atoms with van der Waals surface area (Å²) in [4.78, 5) is 12.1. The van der Waals surface area contributed by atoms with Crippen LogP contribution in [0.3, 0.4) is 0 Å². The van der Waals surface area contributed by atoms with Gasteiger partial charge in [0.1, 0.15) is 0 Å². The maximum Gasteiger partial charge on any atom is 0.291 e. The van der Waals surface area contributed by atoms with Crippen LogP contribution in [-0.2, 0) is 0 Å². The number of halogens is 1. The zero-order valence-electron chi connectivity index (χ0n) is 11.0. The van der Waals surface area contributed by atoms with E-state index in [-0.39, 0.29) is 11.7 Å². The summed E-state index contributed by atoms with van der Waals surface area (Å²) in [5.41, 5.74) is 6.79. The van der Waals surface area contributed by atoms with Crippen molar-refractivity contribution in [3.8, 4) is 11.5 Å². The maximum atomic E-state index is 12.1. The second-order valence-electron chi connectivity index (χ2n) is 4.49. The number of nitrogens with one attached hydrogen (secondary N) is 1. The van der Waals surface area contributed by atoms with Gasteiger partial charge in [-0.2, -0.15) is 0 Å². The molecule has 0 atom stereocenters. The second-order valence-corrected chi connectivity index (χ2v) is 5.28. The van der Waals surface area contributed by atoms with E-state index in [4.69, 9.17) is 19.6 Å². The molecule has 0 radical (unpaired) electrons. The first-order valence-electron chi connectivity index (χ1n) is 6.39. The molecule has 1 aliphatic heterocycles. The highest BCUT2D eigenvalue weighted by Gasteiger charge is 2.17. The Hall–Kier alpha value is -2.15. The molecule has 7 heteroatoms. The van der Waals surface area contributed by atoms with E-state index in [1.165, 1.54) is 0 Å². The first-order chi connectivity index (χ1) is 10.1. The van der Waals surface area contributed by atoms with E-state index in [1.807, 2.05) is 0 Å². The van der Waals surface area contributed by atoms with Gasteiger partial charge in [-0.05, 0) is 28.1 Å². The number of carbonyl (C=O) groups is 1. The van der Waals surface area contributed by atoms with Crippen LogP contribution in [0, 0.1) is 0 Å². The molecule has 0 aliphatic carbocycles. The average molecular weight is 353 g/mol. The number of anilines is 2. The number of fused-ring (bicyclic) bond motifs is 1. The van der Waals surface area contributed by atoms with Gasteiger partial charge >= 0.3 is 0 Å². The molecule has 1 aliphatic rings. The Morgan fingerprint density at radius 1 is 1.19 bits per heavy atom. The summed E-state index contributed by atoms with van der Waals surface area (Å²) in [6, 6.07) is 6.52. The Balaban J connectivity index is 1.85. The summed E-state index contributed by atoms with van der Waals surface area (Å²) in [5.74, 6) is 0.955. The number of rotatable bonds is 2. The number of ether oxygens (including phenoxy) is 2. The minimum atomic E-state index is -0.387. The zero-order valence-corrected chi connectivity index (χ0v) is 12.6. The first-order valence-corrected chi connectivity index (χ1v) is 7.18. The molecule has 0 unspecified atom stereocenters. The minimum Gasteiger partial charge on any atom is -0.489 e. The molecule has 0 saturated heterocycles. The van der Waals surface area contributed by atoms with Crippen LogP contribution < -0.4 is 20.5 Å². The molecule has 1 amide bonds. The largest absolute Gasteiger partial charge is 0.489 e. The van der Waals surface area contributed by atoms with Crippen LogP contribution in [0.25, 0.3) is 0 Å². The number of benzene rings is 1. The van der Waals surface area contributed by atoms with E-state index >= 15 is 0 Å². The Labute approximate surface area is 129 Å². The van der Waals surface area contributed by atoms with E-state index in [0.717, 1.165) is 6.42 Å². The topological polar surface area (TPSA) is 86.7 Å². The van der Waals surface area contributed by atoms with E-state index in [1.54, 1.807) is 24.3 Å². The minimum absolute atomic E-state index is 0.188. The number of hydrogen-bond donors (Lipinski definition) is 2. The summed E-state index contributed by atoms with van der Waals surface area (Å²) in [6.07, 6.45) is 0.802. The molecule has 0 bridgehead atoms. The van der Waals surface area contributed by atoms with Gasteiger partial charge in [0.2, 0.25) is 0 Å². The van der Waals surface area contributed by atoms with Crippen molar-refractivity contribution in [1.29, 1.82) is 0 Å². The molecular formula is C14H13BrN2O4. The maximum absolute atomic E-state index is 12.1. The molecule has 3 rings (SSSR count). The number of nitrogen functional groups attached to an aromatic ring is 1. The fourth-order valence-corrected chi connectivity index (χ4v) is 2.26. The Morgan fingerprint density at radius 2 is 1.90 bits per heavy atom. The predicted octanol–water partition coefficient (Wildman–Crippen LogP) is 3.04. The monoisotopic (exact) mass is 352 g/mol. The zero-order chi connectivity index (χ0) is 14.8. The predicted molar refractivity (Wildman–Crippen MR) is 80.8 cm³/mol. The van der Waals surface area contributed by atoms with Gasteiger partial charge in [-0.25, -0.2) is 0 Å². The Kier molecular flexibility index (Phi) is 3.74.